The minimum absolute atomic E-state index is 0.738. The molecule has 0 atom stereocenters. The fourth-order valence-electron chi connectivity index (χ4n) is 1.99. The number of rotatable bonds is 4. The Balaban J connectivity index is 2.17. The molecule has 1 N–H and O–H groups in total. The van der Waals surface area contributed by atoms with Crippen LogP contribution in [0.5, 0.6) is 0 Å². The number of halogens is 1. The van der Waals surface area contributed by atoms with Crippen LogP contribution in [-0.4, -0.2) is 19.6 Å². The zero-order valence-electron chi connectivity index (χ0n) is 11.2. The molecule has 0 unspecified atom stereocenters. The van der Waals surface area contributed by atoms with Crippen molar-refractivity contribution in [3.8, 4) is 0 Å². The highest BCUT2D eigenvalue weighted by Gasteiger charge is 2.12. The predicted molar refractivity (Wildman–Crippen MR) is 75.6 cm³/mol. The number of aryl methyl sites for hydroxylation is 4. The Labute approximate surface area is 115 Å². The number of hydrogen-bond donors (Lipinski definition) is 1. The summed E-state index contributed by atoms with van der Waals surface area (Å²) in [5.41, 5.74) is 4.26. The van der Waals surface area contributed by atoms with Crippen LogP contribution in [-0.2, 0) is 20.1 Å². The molecule has 0 amide bonds. The van der Waals surface area contributed by atoms with Gasteiger partial charge in [0, 0.05) is 19.8 Å². The molecule has 2 aromatic rings. The fraction of sp³-hybridized carbons (Fsp3) is 0.500. The summed E-state index contributed by atoms with van der Waals surface area (Å²) in [6.45, 7) is 7.71. The molecule has 0 radical (unpaired) electrons. The molecule has 18 heavy (non-hydrogen) atoms. The molecular weight excluding hydrogens is 294 g/mol. The molecule has 2 heterocycles. The Hall–Kier alpha value is -1.30. The van der Waals surface area contributed by atoms with Crippen LogP contribution in [0, 0.1) is 13.8 Å². The van der Waals surface area contributed by atoms with Crippen LogP contribution in [0.3, 0.4) is 0 Å². The van der Waals surface area contributed by atoms with Gasteiger partial charge in [-0.1, -0.05) is 0 Å². The molecule has 0 saturated heterocycles. The molecule has 0 aliphatic carbocycles. The highest BCUT2D eigenvalue weighted by molar-refractivity contribution is 9.10. The number of nitrogens with zero attached hydrogens (tertiary/aromatic N) is 4. The third-order valence-corrected chi connectivity index (χ3v) is 3.94. The van der Waals surface area contributed by atoms with Crippen molar-refractivity contribution in [3.05, 3.63) is 27.8 Å². The summed E-state index contributed by atoms with van der Waals surface area (Å²) >= 11 is 3.59. The second-order valence-electron chi connectivity index (χ2n) is 4.32. The molecule has 0 bridgehead atoms. The number of hydrogen-bond acceptors (Lipinski definition) is 3. The summed E-state index contributed by atoms with van der Waals surface area (Å²) < 4.78 is 4.91. The van der Waals surface area contributed by atoms with Crippen LogP contribution in [0.25, 0.3) is 0 Å². The smallest absolute Gasteiger partial charge is 0.0825 e. The molecule has 6 heteroatoms. The molecule has 2 rings (SSSR count). The Bertz CT molecular complexity index is 555. The van der Waals surface area contributed by atoms with E-state index >= 15 is 0 Å². The third kappa shape index (κ3) is 2.43. The largest absolute Gasteiger partial charge is 0.377 e. The van der Waals surface area contributed by atoms with E-state index in [1.54, 1.807) is 0 Å². The topological polar surface area (TPSA) is 47.7 Å². The van der Waals surface area contributed by atoms with Crippen molar-refractivity contribution in [2.45, 2.75) is 33.9 Å². The predicted octanol–water partition coefficient (Wildman–Crippen LogP) is 2.63. The van der Waals surface area contributed by atoms with Gasteiger partial charge in [0.2, 0.25) is 0 Å². The standard InChI is InChI=1S/C12H18BrN5/c1-5-18-11(12(13)9(3)16-18)6-14-10-7-17(4)15-8(10)2/h7,14H,5-6H2,1-4H3. The summed E-state index contributed by atoms with van der Waals surface area (Å²) in [5.74, 6) is 0. The van der Waals surface area contributed by atoms with Crippen molar-refractivity contribution in [3.63, 3.8) is 0 Å². The average Bonchev–Trinajstić information content (AvgIpc) is 2.78. The van der Waals surface area contributed by atoms with Gasteiger partial charge in [0.25, 0.3) is 0 Å². The van der Waals surface area contributed by atoms with Gasteiger partial charge in [-0.3, -0.25) is 9.36 Å². The van der Waals surface area contributed by atoms with Crippen LogP contribution in [0.1, 0.15) is 24.0 Å². The fourth-order valence-corrected chi connectivity index (χ4v) is 2.41. The monoisotopic (exact) mass is 311 g/mol. The van der Waals surface area contributed by atoms with E-state index in [0.717, 1.165) is 34.6 Å². The van der Waals surface area contributed by atoms with Gasteiger partial charge >= 0.3 is 0 Å². The maximum atomic E-state index is 4.48. The molecule has 0 fully saturated rings. The lowest BCUT2D eigenvalue weighted by Crippen LogP contribution is -2.08. The first-order valence-corrected chi connectivity index (χ1v) is 6.78. The van der Waals surface area contributed by atoms with Crippen LogP contribution < -0.4 is 5.32 Å². The van der Waals surface area contributed by atoms with E-state index in [9.17, 15) is 0 Å². The lowest BCUT2D eigenvalue weighted by Gasteiger charge is -2.07. The van der Waals surface area contributed by atoms with Crippen molar-refractivity contribution < 1.29 is 0 Å². The van der Waals surface area contributed by atoms with E-state index in [0.29, 0.717) is 0 Å². The summed E-state index contributed by atoms with van der Waals surface area (Å²) in [5, 5.41) is 12.2. The highest BCUT2D eigenvalue weighted by atomic mass is 79.9. The number of anilines is 1. The maximum absolute atomic E-state index is 4.48. The Morgan fingerprint density at radius 1 is 1.28 bits per heavy atom. The van der Waals surface area contributed by atoms with Crippen LogP contribution in [0.15, 0.2) is 10.7 Å². The van der Waals surface area contributed by atoms with Crippen LogP contribution in [0.2, 0.25) is 0 Å². The van der Waals surface area contributed by atoms with Gasteiger partial charge in [0.05, 0.1) is 33.8 Å². The molecule has 2 aromatic heterocycles. The van der Waals surface area contributed by atoms with E-state index in [2.05, 4.69) is 38.4 Å². The van der Waals surface area contributed by atoms with Gasteiger partial charge in [-0.25, -0.2) is 0 Å². The second-order valence-corrected chi connectivity index (χ2v) is 5.11. The molecule has 0 aliphatic heterocycles. The first kappa shape index (κ1) is 13.1. The zero-order valence-corrected chi connectivity index (χ0v) is 12.7. The summed E-state index contributed by atoms with van der Waals surface area (Å²) in [4.78, 5) is 0. The van der Waals surface area contributed by atoms with E-state index in [1.165, 1.54) is 5.69 Å². The van der Waals surface area contributed by atoms with Gasteiger partial charge in [-0.05, 0) is 36.7 Å². The van der Waals surface area contributed by atoms with E-state index in [1.807, 2.05) is 36.5 Å². The lowest BCUT2D eigenvalue weighted by atomic mass is 10.3. The van der Waals surface area contributed by atoms with Crippen molar-refractivity contribution in [1.82, 2.24) is 19.6 Å². The Morgan fingerprint density at radius 2 is 2.00 bits per heavy atom. The third-order valence-electron chi connectivity index (χ3n) is 2.91. The van der Waals surface area contributed by atoms with Crippen molar-refractivity contribution in [2.75, 3.05) is 5.32 Å². The molecule has 0 saturated carbocycles. The van der Waals surface area contributed by atoms with Crippen LogP contribution in [0.4, 0.5) is 5.69 Å². The highest BCUT2D eigenvalue weighted by Crippen LogP contribution is 2.22. The first-order chi connectivity index (χ1) is 8.52. The average molecular weight is 312 g/mol. The Kier molecular flexibility index (Phi) is 3.75. The molecule has 5 nitrogen and oxygen atoms in total. The van der Waals surface area contributed by atoms with E-state index in [-0.39, 0.29) is 0 Å². The second kappa shape index (κ2) is 5.14. The van der Waals surface area contributed by atoms with Gasteiger partial charge < -0.3 is 5.32 Å². The van der Waals surface area contributed by atoms with Gasteiger partial charge in [0.15, 0.2) is 0 Å². The summed E-state index contributed by atoms with van der Waals surface area (Å²) in [7, 11) is 1.93. The van der Waals surface area contributed by atoms with Gasteiger partial charge in [-0.2, -0.15) is 10.2 Å². The lowest BCUT2D eigenvalue weighted by molar-refractivity contribution is 0.622. The van der Waals surface area contributed by atoms with Gasteiger partial charge in [-0.15, -0.1) is 0 Å². The van der Waals surface area contributed by atoms with E-state index < -0.39 is 0 Å². The molecule has 0 aliphatic rings. The molecule has 0 aromatic carbocycles. The van der Waals surface area contributed by atoms with Crippen molar-refractivity contribution in [1.29, 1.82) is 0 Å². The quantitative estimate of drug-likeness (QED) is 0.944. The summed E-state index contributed by atoms with van der Waals surface area (Å²) in [6.07, 6.45) is 1.99. The SMILES string of the molecule is CCn1nc(C)c(Br)c1CNc1cn(C)nc1C. The van der Waals surface area contributed by atoms with Crippen LogP contribution >= 0.6 is 15.9 Å². The minimum atomic E-state index is 0.738. The van der Waals surface area contributed by atoms with Crippen molar-refractivity contribution in [2.24, 2.45) is 7.05 Å². The van der Waals surface area contributed by atoms with Gasteiger partial charge in [0.1, 0.15) is 0 Å². The summed E-state index contributed by atoms with van der Waals surface area (Å²) in [6, 6.07) is 0. The number of aromatic nitrogens is 4. The van der Waals surface area contributed by atoms with Crippen molar-refractivity contribution >= 4 is 21.6 Å². The Morgan fingerprint density at radius 3 is 2.56 bits per heavy atom. The number of nitrogens with one attached hydrogen (secondary N) is 1. The molecular formula is C12H18BrN5. The zero-order chi connectivity index (χ0) is 13.3. The maximum Gasteiger partial charge on any atom is 0.0825 e. The molecule has 0 spiro atoms. The van der Waals surface area contributed by atoms with E-state index in [4.69, 9.17) is 0 Å². The molecule has 98 valence electrons. The minimum Gasteiger partial charge on any atom is -0.377 e. The normalized spacial score (nSPS) is 10.9. The first-order valence-electron chi connectivity index (χ1n) is 5.98.